The van der Waals surface area contributed by atoms with Crippen LogP contribution in [0.15, 0.2) is 82.0 Å². The zero-order valence-electron chi connectivity index (χ0n) is 32.6. The van der Waals surface area contributed by atoms with Gasteiger partial charge >= 0.3 is 19.4 Å². The maximum Gasteiger partial charge on any atom is 0.324 e. The maximum absolute atomic E-state index is 13.1. The molecule has 19 heteroatoms. The molecule has 3 N–H and O–H groups in total. The van der Waals surface area contributed by atoms with E-state index in [0.29, 0.717) is 53.7 Å². The average Bonchev–Trinajstić information content (AvgIpc) is 3.16. The predicted molar refractivity (Wildman–Crippen MR) is 237 cm³/mol. The Hall–Kier alpha value is -3.39. The summed E-state index contributed by atoms with van der Waals surface area (Å²) in [6.45, 7) is 3.87. The van der Waals surface area contributed by atoms with E-state index >= 15 is 0 Å². The van der Waals surface area contributed by atoms with Gasteiger partial charge in [0.15, 0.2) is 0 Å². The Morgan fingerprint density at radius 1 is 0.754 bits per heavy atom. The fraction of sp³-hybridized carbons (Fsp3) is 0.421. The lowest BCUT2D eigenvalue weighted by molar-refractivity contribution is 0.274. The number of pyridine rings is 2. The average molecular weight is 975 g/mol. The monoisotopic (exact) mass is 972 g/mol. The highest BCUT2D eigenvalue weighted by Gasteiger charge is 2.29. The quantitative estimate of drug-likeness (QED) is 0.0992. The van der Waals surface area contributed by atoms with Crippen LogP contribution in [0, 0.1) is 0 Å². The van der Waals surface area contributed by atoms with Gasteiger partial charge in [-0.3, -0.25) is 13.3 Å². The van der Waals surface area contributed by atoms with E-state index in [1.165, 1.54) is 8.61 Å². The molecule has 4 aromatic rings. The van der Waals surface area contributed by atoms with E-state index < -0.39 is 19.4 Å². The van der Waals surface area contributed by atoms with Gasteiger partial charge < -0.3 is 25.0 Å². The van der Waals surface area contributed by atoms with Crippen molar-refractivity contribution in [1.82, 2.24) is 19.8 Å². The van der Waals surface area contributed by atoms with E-state index in [0.717, 1.165) is 72.9 Å². The summed E-state index contributed by atoms with van der Waals surface area (Å²) in [6, 6.07) is 18.5. The highest BCUT2D eigenvalue weighted by Crippen LogP contribution is 2.33. The molecule has 0 saturated carbocycles. The number of hydrogen-bond donors (Lipinski definition) is 2. The molecule has 0 atom stereocenters. The van der Waals surface area contributed by atoms with Gasteiger partial charge in [-0.2, -0.15) is 16.8 Å². The van der Waals surface area contributed by atoms with Crippen molar-refractivity contribution in [3.8, 4) is 11.8 Å². The van der Waals surface area contributed by atoms with Gasteiger partial charge in [0, 0.05) is 58.2 Å². The normalized spacial score (nSPS) is 13.8. The van der Waals surface area contributed by atoms with Crippen molar-refractivity contribution in [3.63, 3.8) is 0 Å². The molecule has 0 radical (unpaired) electrons. The second kappa shape index (κ2) is 22.1. The van der Waals surface area contributed by atoms with Crippen LogP contribution in [0.25, 0.3) is 0 Å². The first-order valence-corrected chi connectivity index (χ1v) is 23.6. The van der Waals surface area contributed by atoms with E-state index in [4.69, 9.17) is 25.9 Å². The standard InChI is InChI=1S/C19H25BrN4O3S.C10H16BrN3O.C9H10ClNO2S/c1-23(2)10-6-12-27-19-17(13-16(20)14-21-19)22-28(25,26)24-11-5-8-15-7-3-4-9-18(15)24;1-14(2)4-3-5-15-10-9(12)6-8(11)7-13-10;10-14(12,13)11-7-3-5-8-4-1-2-6-9(8)11/h3-4,7,9,13-14,22H,5-6,8,10-12H2,1-2H3;6-7H,3-5,12H2,1-2H3;1-2,4,6H,3,5,7H2. The molecule has 312 valence electrons. The van der Waals surface area contributed by atoms with Crippen LogP contribution in [0.1, 0.15) is 36.8 Å². The SMILES string of the molecule is CN(C)CCCOc1ncc(Br)cc1N.CN(C)CCCOc1ncc(Br)cc1NS(=O)(=O)N1CCCc2ccccc21.O=S(=O)(Cl)N1CCCc2ccccc21. The molecule has 0 amide bonds. The van der Waals surface area contributed by atoms with Crippen molar-refractivity contribution in [3.05, 3.63) is 93.1 Å². The smallest absolute Gasteiger partial charge is 0.324 e. The molecular formula is C38H51Br2ClN8O6S2. The Kier molecular flexibility index (Phi) is 18.0. The van der Waals surface area contributed by atoms with Crippen LogP contribution in [-0.2, 0) is 32.3 Å². The van der Waals surface area contributed by atoms with Crippen molar-refractivity contribution >= 4 is 84.7 Å². The number of fused-ring (bicyclic) bond motifs is 2. The first-order valence-electron chi connectivity index (χ1n) is 18.4. The summed E-state index contributed by atoms with van der Waals surface area (Å²) in [5.74, 6) is 0.785. The van der Waals surface area contributed by atoms with Crippen molar-refractivity contribution in [2.75, 3.05) is 86.6 Å². The molecule has 2 aliphatic heterocycles. The predicted octanol–water partition coefficient (Wildman–Crippen LogP) is 6.96. The molecular weight excluding hydrogens is 924 g/mol. The Bertz CT molecular complexity index is 2130. The molecule has 0 aliphatic carbocycles. The van der Waals surface area contributed by atoms with Gasteiger partial charge in [0.25, 0.3) is 0 Å². The Labute approximate surface area is 358 Å². The van der Waals surface area contributed by atoms with Crippen LogP contribution in [0.3, 0.4) is 0 Å². The van der Waals surface area contributed by atoms with Crippen molar-refractivity contribution < 1.29 is 26.3 Å². The van der Waals surface area contributed by atoms with E-state index in [-0.39, 0.29) is 5.88 Å². The second-order valence-corrected chi connectivity index (χ2v) is 19.6. The van der Waals surface area contributed by atoms with Crippen molar-refractivity contribution in [2.24, 2.45) is 0 Å². The molecule has 0 spiro atoms. The molecule has 2 aliphatic rings. The first kappa shape index (κ1) is 46.3. The van der Waals surface area contributed by atoms with Crippen LogP contribution < -0.4 is 28.5 Å². The third-order valence-corrected chi connectivity index (χ3v) is 12.3. The Morgan fingerprint density at radius 2 is 1.23 bits per heavy atom. The Balaban J connectivity index is 0.000000209. The molecule has 4 heterocycles. The number of anilines is 4. The number of para-hydroxylation sites is 2. The zero-order chi connectivity index (χ0) is 41.6. The lowest BCUT2D eigenvalue weighted by atomic mass is 10.0. The van der Waals surface area contributed by atoms with Crippen molar-refractivity contribution in [2.45, 2.75) is 38.5 Å². The molecule has 2 aromatic carbocycles. The van der Waals surface area contributed by atoms with E-state index in [1.54, 1.807) is 30.6 Å². The number of aryl methyl sites for hydroxylation is 2. The molecule has 0 unspecified atom stereocenters. The summed E-state index contributed by atoms with van der Waals surface area (Å²) >= 11 is 6.65. The largest absolute Gasteiger partial charge is 0.476 e. The molecule has 6 rings (SSSR count). The number of rotatable bonds is 14. The fourth-order valence-electron chi connectivity index (χ4n) is 5.95. The van der Waals surface area contributed by atoms with E-state index in [9.17, 15) is 16.8 Å². The topological polar surface area (TPSA) is 164 Å². The number of nitrogens with zero attached hydrogens (tertiary/aromatic N) is 6. The summed E-state index contributed by atoms with van der Waals surface area (Å²) in [7, 11) is 5.96. The van der Waals surface area contributed by atoms with Crippen LogP contribution in [-0.4, -0.2) is 104 Å². The van der Waals surface area contributed by atoms with Crippen LogP contribution >= 0.6 is 42.5 Å². The number of benzene rings is 2. The van der Waals surface area contributed by atoms with Gasteiger partial charge in [0.05, 0.1) is 30.3 Å². The summed E-state index contributed by atoms with van der Waals surface area (Å²) in [6.07, 6.45) is 8.44. The lowest BCUT2D eigenvalue weighted by Crippen LogP contribution is -2.39. The number of nitrogens with two attached hydrogens (primary N) is 1. The van der Waals surface area contributed by atoms with Gasteiger partial charge in [-0.05, 0) is 134 Å². The van der Waals surface area contributed by atoms with Crippen LogP contribution in [0.2, 0.25) is 0 Å². The Morgan fingerprint density at radius 3 is 1.75 bits per heavy atom. The first-order chi connectivity index (χ1) is 27.0. The maximum atomic E-state index is 13.1. The molecule has 0 saturated heterocycles. The van der Waals surface area contributed by atoms with Gasteiger partial charge in [-0.1, -0.05) is 36.4 Å². The highest BCUT2D eigenvalue weighted by atomic mass is 79.9. The van der Waals surface area contributed by atoms with Crippen LogP contribution in [0.4, 0.5) is 22.7 Å². The molecule has 14 nitrogen and oxygen atoms in total. The molecule has 0 bridgehead atoms. The van der Waals surface area contributed by atoms with Gasteiger partial charge in [-0.15, -0.1) is 0 Å². The number of nitrogens with one attached hydrogen (secondary N) is 1. The van der Waals surface area contributed by atoms with E-state index in [1.807, 2.05) is 70.7 Å². The van der Waals surface area contributed by atoms with Gasteiger partial charge in [0.2, 0.25) is 11.8 Å². The summed E-state index contributed by atoms with van der Waals surface area (Å²) in [4.78, 5) is 12.5. The molecule has 57 heavy (non-hydrogen) atoms. The second-order valence-electron chi connectivity index (χ2n) is 13.7. The lowest BCUT2D eigenvalue weighted by Gasteiger charge is -2.30. The third kappa shape index (κ3) is 14.7. The fourth-order valence-corrected chi connectivity index (χ4v) is 9.16. The molecule has 0 fully saturated rings. The minimum absolute atomic E-state index is 0.274. The third-order valence-electron chi connectivity index (χ3n) is 8.57. The van der Waals surface area contributed by atoms with Gasteiger partial charge in [-0.25, -0.2) is 9.97 Å². The summed E-state index contributed by atoms with van der Waals surface area (Å²) in [5.41, 5.74) is 10.1. The van der Waals surface area contributed by atoms with E-state index in [2.05, 4.69) is 56.3 Å². The minimum Gasteiger partial charge on any atom is -0.476 e. The number of aromatic nitrogens is 2. The zero-order valence-corrected chi connectivity index (χ0v) is 38.1. The number of nitrogen functional groups attached to an aromatic ring is 1. The van der Waals surface area contributed by atoms with Crippen molar-refractivity contribution in [1.29, 1.82) is 0 Å². The number of ether oxygens (including phenoxy) is 2. The van der Waals surface area contributed by atoms with Crippen LogP contribution in [0.5, 0.6) is 11.8 Å². The summed E-state index contributed by atoms with van der Waals surface area (Å²) in [5, 5.41) is 0. The summed E-state index contributed by atoms with van der Waals surface area (Å²) < 4.78 is 66.8. The molecule has 2 aromatic heterocycles. The number of halogens is 3. The van der Waals surface area contributed by atoms with Gasteiger partial charge in [0.1, 0.15) is 5.69 Å². The highest BCUT2D eigenvalue weighted by molar-refractivity contribution is 9.10. The minimum atomic E-state index is -3.80. The number of hydrogen-bond acceptors (Lipinski definition) is 11.